The van der Waals surface area contributed by atoms with E-state index in [0.717, 1.165) is 4.47 Å². The lowest BCUT2D eigenvalue weighted by Gasteiger charge is -2.14. The highest BCUT2D eigenvalue weighted by molar-refractivity contribution is 9.10. The van der Waals surface area contributed by atoms with Crippen molar-refractivity contribution >= 4 is 39.0 Å². The number of halogens is 2. The van der Waals surface area contributed by atoms with Crippen molar-refractivity contribution < 1.29 is 9.47 Å². The fourth-order valence-corrected chi connectivity index (χ4v) is 2.16. The SMILES string of the molecule is COc1cc(OC)c(Nc2ncccc2Br)cc1Cl. The van der Waals surface area contributed by atoms with Crippen molar-refractivity contribution in [3.05, 3.63) is 40.0 Å². The molecule has 19 heavy (non-hydrogen) atoms. The first-order valence-corrected chi connectivity index (χ1v) is 6.62. The fourth-order valence-electron chi connectivity index (χ4n) is 1.56. The Hall–Kier alpha value is -1.46. The van der Waals surface area contributed by atoms with Gasteiger partial charge >= 0.3 is 0 Å². The minimum absolute atomic E-state index is 0.498. The lowest BCUT2D eigenvalue weighted by atomic mass is 10.2. The summed E-state index contributed by atoms with van der Waals surface area (Å²) < 4.78 is 11.3. The molecule has 0 atom stereocenters. The maximum absolute atomic E-state index is 6.11. The van der Waals surface area contributed by atoms with Crippen LogP contribution in [0.15, 0.2) is 34.9 Å². The number of benzene rings is 1. The highest BCUT2D eigenvalue weighted by Crippen LogP contribution is 2.37. The lowest BCUT2D eigenvalue weighted by molar-refractivity contribution is 0.396. The van der Waals surface area contributed by atoms with Gasteiger partial charge in [0.05, 0.1) is 29.4 Å². The topological polar surface area (TPSA) is 43.4 Å². The van der Waals surface area contributed by atoms with Crippen LogP contribution in [-0.2, 0) is 0 Å². The predicted octanol–water partition coefficient (Wildman–Crippen LogP) is 4.26. The maximum atomic E-state index is 6.11. The second-order valence-electron chi connectivity index (χ2n) is 3.65. The van der Waals surface area contributed by atoms with Gasteiger partial charge in [-0.2, -0.15) is 0 Å². The van der Waals surface area contributed by atoms with Crippen molar-refractivity contribution in [2.24, 2.45) is 0 Å². The molecule has 0 fully saturated rings. The van der Waals surface area contributed by atoms with E-state index < -0.39 is 0 Å². The average Bonchev–Trinajstić information content (AvgIpc) is 2.42. The molecule has 0 radical (unpaired) electrons. The van der Waals surface area contributed by atoms with Gasteiger partial charge in [-0.1, -0.05) is 11.6 Å². The van der Waals surface area contributed by atoms with E-state index in [9.17, 15) is 0 Å². The Bertz CT molecular complexity index is 593. The van der Waals surface area contributed by atoms with Crippen molar-refractivity contribution in [2.75, 3.05) is 19.5 Å². The van der Waals surface area contributed by atoms with Gasteiger partial charge in [0.25, 0.3) is 0 Å². The van der Waals surface area contributed by atoms with E-state index in [4.69, 9.17) is 21.1 Å². The van der Waals surface area contributed by atoms with Crippen LogP contribution in [-0.4, -0.2) is 19.2 Å². The summed E-state index contributed by atoms with van der Waals surface area (Å²) >= 11 is 9.54. The molecule has 4 nitrogen and oxygen atoms in total. The molecule has 100 valence electrons. The molecule has 0 aliphatic carbocycles. The van der Waals surface area contributed by atoms with Crippen molar-refractivity contribution in [1.29, 1.82) is 0 Å². The number of anilines is 2. The third-order valence-corrected chi connectivity index (χ3v) is 3.42. The van der Waals surface area contributed by atoms with Crippen molar-refractivity contribution in [3.63, 3.8) is 0 Å². The molecule has 0 unspecified atom stereocenters. The number of ether oxygens (including phenoxy) is 2. The second kappa shape index (κ2) is 6.12. The molecule has 6 heteroatoms. The van der Waals surface area contributed by atoms with Crippen molar-refractivity contribution in [3.8, 4) is 11.5 Å². The van der Waals surface area contributed by atoms with Gasteiger partial charge in [0, 0.05) is 12.3 Å². The molecule has 1 N–H and O–H groups in total. The molecule has 1 heterocycles. The number of methoxy groups -OCH3 is 2. The standard InChI is InChI=1S/C13H12BrClN2O2/c1-18-11-7-12(19-2)10(6-9(11)15)17-13-8(14)4-3-5-16-13/h3-7H,1-2H3,(H,16,17). The number of rotatable bonds is 4. The van der Waals surface area contributed by atoms with Crippen LogP contribution in [0, 0.1) is 0 Å². The maximum Gasteiger partial charge on any atom is 0.146 e. The molecule has 2 rings (SSSR count). The summed E-state index contributed by atoms with van der Waals surface area (Å²) in [6.45, 7) is 0. The number of nitrogens with one attached hydrogen (secondary N) is 1. The van der Waals surface area contributed by atoms with E-state index >= 15 is 0 Å². The Labute approximate surface area is 124 Å². The summed E-state index contributed by atoms with van der Waals surface area (Å²) in [5, 5.41) is 3.66. The van der Waals surface area contributed by atoms with E-state index in [1.807, 2.05) is 12.1 Å². The summed E-state index contributed by atoms with van der Waals surface area (Å²) in [4.78, 5) is 4.23. The van der Waals surface area contributed by atoms with Gasteiger partial charge in [0.15, 0.2) is 0 Å². The third kappa shape index (κ3) is 3.11. The van der Waals surface area contributed by atoms with Crippen LogP contribution in [0.2, 0.25) is 5.02 Å². The zero-order valence-corrected chi connectivity index (χ0v) is 12.7. The van der Waals surface area contributed by atoms with Crippen LogP contribution in [0.25, 0.3) is 0 Å². The van der Waals surface area contributed by atoms with Crippen molar-refractivity contribution in [2.45, 2.75) is 0 Å². The van der Waals surface area contributed by atoms with E-state index in [0.29, 0.717) is 28.0 Å². The summed E-state index contributed by atoms with van der Waals surface area (Å²) in [6.07, 6.45) is 1.70. The number of nitrogens with zero attached hydrogens (tertiary/aromatic N) is 1. The molecule has 2 aromatic rings. The first-order chi connectivity index (χ1) is 9.15. The summed E-state index contributed by atoms with van der Waals surface area (Å²) in [5.74, 6) is 1.87. The minimum atomic E-state index is 0.498. The highest BCUT2D eigenvalue weighted by atomic mass is 79.9. The highest BCUT2D eigenvalue weighted by Gasteiger charge is 2.11. The van der Waals surface area contributed by atoms with Gasteiger partial charge in [-0.25, -0.2) is 4.98 Å². The van der Waals surface area contributed by atoms with Crippen LogP contribution in [0.4, 0.5) is 11.5 Å². The molecule has 0 bridgehead atoms. The smallest absolute Gasteiger partial charge is 0.146 e. The zero-order valence-electron chi connectivity index (χ0n) is 10.4. The van der Waals surface area contributed by atoms with Gasteiger partial charge in [0.1, 0.15) is 17.3 Å². The third-order valence-electron chi connectivity index (χ3n) is 2.49. The molecule has 0 amide bonds. The van der Waals surface area contributed by atoms with Gasteiger partial charge < -0.3 is 14.8 Å². The van der Waals surface area contributed by atoms with E-state index in [1.54, 1.807) is 32.5 Å². The van der Waals surface area contributed by atoms with Gasteiger partial charge in [0.2, 0.25) is 0 Å². The van der Waals surface area contributed by atoms with Gasteiger partial charge in [-0.15, -0.1) is 0 Å². The van der Waals surface area contributed by atoms with Crippen LogP contribution >= 0.6 is 27.5 Å². The second-order valence-corrected chi connectivity index (χ2v) is 4.91. The summed E-state index contributed by atoms with van der Waals surface area (Å²) in [5.41, 5.74) is 0.715. The molecule has 0 aliphatic rings. The molecule has 0 spiro atoms. The first kappa shape index (κ1) is 14.0. The van der Waals surface area contributed by atoms with E-state index in [2.05, 4.69) is 26.2 Å². The molecule has 1 aromatic heterocycles. The quantitative estimate of drug-likeness (QED) is 0.901. The number of hydrogen-bond acceptors (Lipinski definition) is 4. The van der Waals surface area contributed by atoms with Crippen LogP contribution in [0.3, 0.4) is 0 Å². The molecular formula is C13H12BrClN2O2. The predicted molar refractivity (Wildman–Crippen MR) is 79.8 cm³/mol. The Kier molecular flexibility index (Phi) is 4.50. The number of pyridine rings is 1. The Morgan fingerprint density at radius 1 is 1.21 bits per heavy atom. The normalized spacial score (nSPS) is 10.1. The van der Waals surface area contributed by atoms with Gasteiger partial charge in [-0.3, -0.25) is 0 Å². The van der Waals surface area contributed by atoms with E-state index in [-0.39, 0.29) is 0 Å². The Morgan fingerprint density at radius 2 is 1.95 bits per heavy atom. The minimum Gasteiger partial charge on any atom is -0.495 e. The molecule has 1 aromatic carbocycles. The monoisotopic (exact) mass is 342 g/mol. The van der Waals surface area contributed by atoms with Gasteiger partial charge in [-0.05, 0) is 34.1 Å². The molecule has 0 saturated heterocycles. The summed E-state index contributed by atoms with van der Waals surface area (Å²) in [7, 11) is 3.14. The number of aromatic nitrogens is 1. The first-order valence-electron chi connectivity index (χ1n) is 5.44. The largest absolute Gasteiger partial charge is 0.495 e. The van der Waals surface area contributed by atoms with Crippen LogP contribution in [0.1, 0.15) is 0 Å². The lowest BCUT2D eigenvalue weighted by Crippen LogP contribution is -1.98. The molecule has 0 aliphatic heterocycles. The molecule has 0 saturated carbocycles. The fraction of sp³-hybridized carbons (Fsp3) is 0.154. The van der Waals surface area contributed by atoms with E-state index in [1.165, 1.54) is 0 Å². The summed E-state index contributed by atoms with van der Waals surface area (Å²) in [6, 6.07) is 7.20. The average molecular weight is 344 g/mol. The zero-order chi connectivity index (χ0) is 13.8. The molecular weight excluding hydrogens is 332 g/mol. The van der Waals surface area contributed by atoms with Crippen molar-refractivity contribution in [1.82, 2.24) is 4.98 Å². The van der Waals surface area contributed by atoms with Crippen LogP contribution in [0.5, 0.6) is 11.5 Å². The van der Waals surface area contributed by atoms with Crippen LogP contribution < -0.4 is 14.8 Å². The Balaban J connectivity index is 2.40. The number of hydrogen-bond donors (Lipinski definition) is 1. The Morgan fingerprint density at radius 3 is 2.58 bits per heavy atom.